The summed E-state index contributed by atoms with van der Waals surface area (Å²) in [5, 5.41) is 1.87. The van der Waals surface area contributed by atoms with E-state index in [9.17, 15) is 14.4 Å². The minimum atomic E-state index is -0.382. The van der Waals surface area contributed by atoms with Gasteiger partial charge in [0, 0.05) is 37.8 Å². The molecular formula is C20H20N4O4S. The molecule has 9 heteroatoms. The number of hydrogen-bond donors (Lipinski definition) is 0. The quantitative estimate of drug-likeness (QED) is 0.659. The van der Waals surface area contributed by atoms with E-state index in [0.29, 0.717) is 43.4 Å². The number of nitrogens with zero attached hydrogens (tertiary/aromatic N) is 4. The third-order valence-electron chi connectivity index (χ3n) is 4.84. The van der Waals surface area contributed by atoms with E-state index in [1.165, 1.54) is 21.9 Å². The van der Waals surface area contributed by atoms with Gasteiger partial charge in [-0.25, -0.2) is 9.78 Å². The molecule has 1 aliphatic heterocycles. The third-order valence-corrected chi connectivity index (χ3v) is 5.68. The van der Waals surface area contributed by atoms with Crippen LogP contribution in [-0.4, -0.2) is 64.0 Å². The highest BCUT2D eigenvalue weighted by molar-refractivity contribution is 7.15. The summed E-state index contributed by atoms with van der Waals surface area (Å²) < 4.78 is 6.48. The summed E-state index contributed by atoms with van der Waals surface area (Å²) in [6, 6.07) is 9.53. The lowest BCUT2D eigenvalue weighted by atomic mass is 10.2. The van der Waals surface area contributed by atoms with Gasteiger partial charge in [-0.1, -0.05) is 30.3 Å². The number of aromatic nitrogens is 2. The molecule has 1 fully saturated rings. The Bertz CT molecular complexity index is 1100. The molecule has 3 aromatic rings. The van der Waals surface area contributed by atoms with Crippen molar-refractivity contribution in [3.05, 3.63) is 57.8 Å². The van der Waals surface area contributed by atoms with Crippen LogP contribution < -0.4 is 5.56 Å². The summed E-state index contributed by atoms with van der Waals surface area (Å²) in [6.07, 6.45) is 0.969. The number of ether oxygens (including phenoxy) is 1. The van der Waals surface area contributed by atoms with Crippen molar-refractivity contribution < 1.29 is 14.3 Å². The predicted octanol–water partition coefficient (Wildman–Crippen LogP) is 2.34. The Kier molecular flexibility index (Phi) is 5.30. The summed E-state index contributed by atoms with van der Waals surface area (Å²) in [7, 11) is 0. The minimum absolute atomic E-state index is 0.0302. The van der Waals surface area contributed by atoms with Crippen molar-refractivity contribution in [2.24, 2.45) is 0 Å². The van der Waals surface area contributed by atoms with E-state index in [0.717, 1.165) is 5.56 Å². The molecule has 0 N–H and O–H groups in total. The van der Waals surface area contributed by atoms with Crippen LogP contribution in [0.4, 0.5) is 4.79 Å². The van der Waals surface area contributed by atoms with E-state index in [1.54, 1.807) is 16.7 Å². The minimum Gasteiger partial charge on any atom is -0.450 e. The van der Waals surface area contributed by atoms with E-state index in [2.05, 4.69) is 4.98 Å². The normalized spacial score (nSPS) is 14.2. The van der Waals surface area contributed by atoms with Crippen molar-refractivity contribution in [1.29, 1.82) is 0 Å². The van der Waals surface area contributed by atoms with Gasteiger partial charge in [0.05, 0.1) is 12.3 Å². The molecule has 0 aliphatic carbocycles. The molecule has 0 radical (unpaired) electrons. The number of rotatable bonds is 3. The Morgan fingerprint density at radius 3 is 2.48 bits per heavy atom. The Labute approximate surface area is 171 Å². The van der Waals surface area contributed by atoms with E-state index >= 15 is 0 Å². The van der Waals surface area contributed by atoms with Crippen molar-refractivity contribution in [1.82, 2.24) is 19.2 Å². The zero-order valence-electron chi connectivity index (χ0n) is 15.9. The van der Waals surface area contributed by atoms with Crippen LogP contribution in [0.2, 0.25) is 0 Å². The highest BCUT2D eigenvalue weighted by atomic mass is 32.1. The summed E-state index contributed by atoms with van der Waals surface area (Å²) in [5.41, 5.74) is 1.25. The molecule has 150 valence electrons. The molecule has 0 atom stereocenters. The van der Waals surface area contributed by atoms with Crippen LogP contribution >= 0.6 is 11.3 Å². The number of thiazole rings is 1. The summed E-state index contributed by atoms with van der Waals surface area (Å²) in [6.45, 7) is 3.49. The van der Waals surface area contributed by atoms with Crippen LogP contribution in [0, 0.1) is 0 Å². The lowest BCUT2D eigenvalue weighted by Gasteiger charge is -2.33. The molecule has 0 bridgehead atoms. The standard InChI is InChI=1S/C20H20N4O4S/c1-2-28-20(27)23-10-8-22(9-11-23)17(25)15-12-21-19-24(18(15)26)16(13-29-19)14-6-4-3-5-7-14/h3-7,12-13H,2,8-11H2,1H3. The maximum Gasteiger partial charge on any atom is 0.409 e. The van der Waals surface area contributed by atoms with E-state index in [-0.39, 0.29) is 23.1 Å². The van der Waals surface area contributed by atoms with Gasteiger partial charge in [-0.2, -0.15) is 0 Å². The lowest BCUT2D eigenvalue weighted by molar-refractivity contribution is 0.0568. The second-order valence-electron chi connectivity index (χ2n) is 6.56. The molecular weight excluding hydrogens is 392 g/mol. The third kappa shape index (κ3) is 3.61. The molecule has 4 rings (SSSR count). The Morgan fingerprint density at radius 1 is 1.10 bits per heavy atom. The first-order valence-electron chi connectivity index (χ1n) is 9.35. The Hall–Kier alpha value is -3.20. The van der Waals surface area contributed by atoms with Gasteiger partial charge in [-0.05, 0) is 12.5 Å². The van der Waals surface area contributed by atoms with Crippen LogP contribution in [0.5, 0.6) is 0 Å². The predicted molar refractivity (Wildman–Crippen MR) is 109 cm³/mol. The first kappa shape index (κ1) is 19.1. The lowest BCUT2D eigenvalue weighted by Crippen LogP contribution is -2.51. The van der Waals surface area contributed by atoms with Crippen molar-refractivity contribution >= 4 is 28.3 Å². The van der Waals surface area contributed by atoms with Crippen molar-refractivity contribution in [3.8, 4) is 11.3 Å². The smallest absolute Gasteiger partial charge is 0.409 e. The number of carbonyl (C=O) groups excluding carboxylic acids is 2. The van der Waals surface area contributed by atoms with Crippen molar-refractivity contribution in [2.45, 2.75) is 6.92 Å². The van der Waals surface area contributed by atoms with Gasteiger partial charge in [-0.15, -0.1) is 11.3 Å². The number of benzene rings is 1. The Morgan fingerprint density at radius 2 is 1.79 bits per heavy atom. The molecule has 1 aliphatic rings. The molecule has 3 heterocycles. The van der Waals surface area contributed by atoms with E-state index < -0.39 is 0 Å². The van der Waals surface area contributed by atoms with Crippen LogP contribution in [0.15, 0.2) is 46.7 Å². The fourth-order valence-corrected chi connectivity index (χ4v) is 4.19. The number of carbonyl (C=O) groups is 2. The fourth-order valence-electron chi connectivity index (χ4n) is 3.33. The van der Waals surface area contributed by atoms with Gasteiger partial charge in [0.1, 0.15) is 5.56 Å². The van der Waals surface area contributed by atoms with Gasteiger partial charge in [0.2, 0.25) is 0 Å². The summed E-state index contributed by atoms with van der Waals surface area (Å²) in [5.74, 6) is -0.370. The topological polar surface area (TPSA) is 84.2 Å². The molecule has 1 saturated heterocycles. The van der Waals surface area contributed by atoms with E-state index in [1.807, 2.05) is 35.7 Å². The summed E-state index contributed by atoms with van der Waals surface area (Å²) >= 11 is 1.36. The van der Waals surface area contributed by atoms with Gasteiger partial charge in [-0.3, -0.25) is 14.0 Å². The largest absolute Gasteiger partial charge is 0.450 e. The average molecular weight is 412 g/mol. The van der Waals surface area contributed by atoms with Gasteiger partial charge >= 0.3 is 6.09 Å². The van der Waals surface area contributed by atoms with Crippen LogP contribution in [0.1, 0.15) is 17.3 Å². The molecule has 2 aromatic heterocycles. The molecule has 8 nitrogen and oxygen atoms in total. The van der Waals surface area contributed by atoms with Crippen molar-refractivity contribution in [2.75, 3.05) is 32.8 Å². The second-order valence-corrected chi connectivity index (χ2v) is 7.40. The number of piperazine rings is 1. The first-order valence-corrected chi connectivity index (χ1v) is 10.2. The first-order chi connectivity index (χ1) is 14.1. The molecule has 29 heavy (non-hydrogen) atoms. The number of hydrogen-bond acceptors (Lipinski definition) is 6. The molecule has 0 spiro atoms. The van der Waals surface area contributed by atoms with Crippen molar-refractivity contribution in [3.63, 3.8) is 0 Å². The zero-order valence-corrected chi connectivity index (χ0v) is 16.7. The average Bonchev–Trinajstić information content (AvgIpc) is 3.20. The molecule has 1 aromatic carbocycles. The van der Waals surface area contributed by atoms with E-state index in [4.69, 9.17) is 4.74 Å². The van der Waals surface area contributed by atoms with Crippen LogP contribution in [-0.2, 0) is 4.74 Å². The molecule has 0 saturated carbocycles. The molecule has 0 unspecified atom stereocenters. The highest BCUT2D eigenvalue weighted by Crippen LogP contribution is 2.23. The maximum absolute atomic E-state index is 13.1. The SMILES string of the molecule is CCOC(=O)N1CCN(C(=O)c2cnc3scc(-c4ccccc4)n3c2=O)CC1. The second kappa shape index (κ2) is 8.04. The maximum atomic E-state index is 13.1. The van der Waals surface area contributed by atoms with Gasteiger partial charge < -0.3 is 14.5 Å². The molecule has 2 amide bonds. The zero-order chi connectivity index (χ0) is 20.4. The van der Waals surface area contributed by atoms with Gasteiger partial charge in [0.25, 0.3) is 11.5 Å². The number of fused-ring (bicyclic) bond motifs is 1. The Balaban J connectivity index is 1.60. The highest BCUT2D eigenvalue weighted by Gasteiger charge is 2.27. The van der Waals surface area contributed by atoms with Crippen LogP contribution in [0.25, 0.3) is 16.2 Å². The van der Waals surface area contributed by atoms with Gasteiger partial charge in [0.15, 0.2) is 4.96 Å². The monoisotopic (exact) mass is 412 g/mol. The fraction of sp³-hybridized carbons (Fsp3) is 0.300. The van der Waals surface area contributed by atoms with Crippen LogP contribution in [0.3, 0.4) is 0 Å². The number of amides is 2. The summed E-state index contributed by atoms with van der Waals surface area (Å²) in [4.78, 5) is 45.9.